The largest absolute Gasteiger partial charge is 0.309 e. The highest BCUT2D eigenvalue weighted by Gasteiger charge is 2.17. The van der Waals surface area contributed by atoms with Gasteiger partial charge in [0.05, 0.1) is 22.8 Å². The molecule has 0 radical (unpaired) electrons. The van der Waals surface area contributed by atoms with Gasteiger partial charge in [-0.1, -0.05) is 115 Å². The Kier molecular flexibility index (Phi) is 6.81. The predicted molar refractivity (Wildman–Crippen MR) is 213 cm³/mol. The number of nitrogens with zero attached hydrogens (tertiary/aromatic N) is 3. The maximum atomic E-state index is 5.06. The molecule has 10 rings (SSSR count). The molecule has 3 heteroatoms. The lowest BCUT2D eigenvalue weighted by molar-refractivity contribution is 1.09. The SMILES string of the molecule is c1ccc(-n2c(-c3ccc(-c4cc5ccccc5c5ccccc45)nc3)ccc2-c2ccc(-c3cc4ccccc4c4ccccc34)nc2)cc1. The van der Waals surface area contributed by atoms with E-state index in [4.69, 9.17) is 9.97 Å². The van der Waals surface area contributed by atoms with Crippen LogP contribution in [0.4, 0.5) is 0 Å². The zero-order valence-electron chi connectivity index (χ0n) is 27.7. The van der Waals surface area contributed by atoms with Crippen LogP contribution >= 0.6 is 0 Å². The molecule has 7 aromatic carbocycles. The lowest BCUT2D eigenvalue weighted by Crippen LogP contribution is -2.00. The molecule has 0 saturated carbocycles. The van der Waals surface area contributed by atoms with E-state index in [2.05, 4.69) is 180 Å². The highest BCUT2D eigenvalue weighted by atomic mass is 15.0. The van der Waals surface area contributed by atoms with E-state index in [1.54, 1.807) is 0 Å². The van der Waals surface area contributed by atoms with Gasteiger partial charge >= 0.3 is 0 Å². The summed E-state index contributed by atoms with van der Waals surface area (Å²) in [6.45, 7) is 0. The van der Waals surface area contributed by atoms with Gasteiger partial charge in [0.15, 0.2) is 0 Å². The van der Waals surface area contributed by atoms with Crippen molar-refractivity contribution in [2.75, 3.05) is 0 Å². The summed E-state index contributed by atoms with van der Waals surface area (Å²) in [4.78, 5) is 10.1. The van der Waals surface area contributed by atoms with Crippen LogP contribution in [-0.4, -0.2) is 14.5 Å². The molecule has 0 bridgehead atoms. The van der Waals surface area contributed by atoms with Crippen molar-refractivity contribution < 1.29 is 0 Å². The Morgan fingerprint density at radius 1 is 0.333 bits per heavy atom. The number of benzene rings is 7. The Morgan fingerprint density at radius 2 is 0.745 bits per heavy atom. The highest BCUT2D eigenvalue weighted by Crippen LogP contribution is 2.38. The Hall–Kier alpha value is -6.84. The van der Waals surface area contributed by atoms with E-state index in [0.717, 1.165) is 50.7 Å². The maximum absolute atomic E-state index is 5.06. The Morgan fingerprint density at radius 3 is 1.20 bits per heavy atom. The highest BCUT2D eigenvalue weighted by molar-refractivity contribution is 6.14. The molecule has 3 nitrogen and oxygen atoms in total. The van der Waals surface area contributed by atoms with Crippen molar-refractivity contribution in [1.82, 2.24) is 14.5 Å². The normalized spacial score (nSPS) is 11.5. The third kappa shape index (κ3) is 4.90. The molecule has 0 unspecified atom stereocenters. The first-order valence-electron chi connectivity index (χ1n) is 17.3. The van der Waals surface area contributed by atoms with Gasteiger partial charge in [-0.05, 0) is 104 Å². The molecule has 51 heavy (non-hydrogen) atoms. The molecule has 0 fully saturated rings. The Balaban J connectivity index is 1.06. The summed E-state index contributed by atoms with van der Waals surface area (Å²) in [5, 5.41) is 9.85. The van der Waals surface area contributed by atoms with Crippen LogP contribution < -0.4 is 0 Å². The van der Waals surface area contributed by atoms with Gasteiger partial charge in [0.25, 0.3) is 0 Å². The van der Waals surface area contributed by atoms with Crippen molar-refractivity contribution in [2.45, 2.75) is 0 Å². The first-order chi connectivity index (χ1) is 25.3. The molecule has 0 aliphatic carbocycles. The van der Waals surface area contributed by atoms with Crippen molar-refractivity contribution >= 4 is 43.1 Å². The summed E-state index contributed by atoms with van der Waals surface area (Å²) < 4.78 is 2.31. The summed E-state index contributed by atoms with van der Waals surface area (Å²) >= 11 is 0. The molecular formula is C48H31N3. The Bertz CT molecular complexity index is 2710. The van der Waals surface area contributed by atoms with E-state index in [1.165, 1.54) is 43.1 Å². The lowest BCUT2D eigenvalue weighted by atomic mass is 9.95. The van der Waals surface area contributed by atoms with Gasteiger partial charge in [0.2, 0.25) is 0 Å². The van der Waals surface area contributed by atoms with Gasteiger partial charge < -0.3 is 4.57 Å². The minimum atomic E-state index is 0.958. The average Bonchev–Trinajstić information content (AvgIpc) is 3.66. The molecule has 0 aliphatic rings. The molecule has 0 amide bonds. The molecule has 238 valence electrons. The second-order valence-electron chi connectivity index (χ2n) is 13.0. The van der Waals surface area contributed by atoms with Crippen LogP contribution in [0, 0.1) is 0 Å². The first-order valence-corrected chi connectivity index (χ1v) is 17.3. The van der Waals surface area contributed by atoms with Gasteiger partial charge in [-0.2, -0.15) is 0 Å². The van der Waals surface area contributed by atoms with Gasteiger partial charge in [-0.15, -0.1) is 0 Å². The van der Waals surface area contributed by atoms with Crippen LogP contribution in [0.5, 0.6) is 0 Å². The lowest BCUT2D eigenvalue weighted by Gasteiger charge is -2.15. The third-order valence-electron chi connectivity index (χ3n) is 10.1. The van der Waals surface area contributed by atoms with E-state index < -0.39 is 0 Å². The summed E-state index contributed by atoms with van der Waals surface area (Å²) in [6.07, 6.45) is 4.01. The number of hydrogen-bond acceptors (Lipinski definition) is 2. The fraction of sp³-hybridized carbons (Fsp3) is 0. The molecule has 0 spiro atoms. The van der Waals surface area contributed by atoms with Crippen molar-refractivity contribution in [3.63, 3.8) is 0 Å². The van der Waals surface area contributed by atoms with E-state index >= 15 is 0 Å². The summed E-state index contributed by atoms with van der Waals surface area (Å²) in [7, 11) is 0. The van der Waals surface area contributed by atoms with Crippen molar-refractivity contribution in [3.8, 4) is 50.7 Å². The van der Waals surface area contributed by atoms with Gasteiger partial charge in [0.1, 0.15) is 0 Å². The minimum absolute atomic E-state index is 0.958. The molecule has 0 aliphatic heterocycles. The number of rotatable bonds is 5. The smallest absolute Gasteiger partial charge is 0.0708 e. The molecule has 0 N–H and O–H groups in total. The number of fused-ring (bicyclic) bond motifs is 6. The van der Waals surface area contributed by atoms with Crippen molar-refractivity contribution in [2.24, 2.45) is 0 Å². The maximum Gasteiger partial charge on any atom is 0.0708 e. The number of hydrogen-bond donors (Lipinski definition) is 0. The fourth-order valence-corrected chi connectivity index (χ4v) is 7.68. The van der Waals surface area contributed by atoms with E-state index in [0.29, 0.717) is 0 Å². The van der Waals surface area contributed by atoms with Crippen LogP contribution in [0.3, 0.4) is 0 Å². The average molecular weight is 650 g/mol. The van der Waals surface area contributed by atoms with Crippen LogP contribution in [-0.2, 0) is 0 Å². The zero-order chi connectivity index (χ0) is 33.7. The van der Waals surface area contributed by atoms with E-state index in [1.807, 2.05) is 12.4 Å². The standard InChI is InChI=1S/C48H31N3/c1-2-14-36(15-3-1)51-47(34-22-24-45(49-30-34)43-28-32-12-4-6-16-37(32)39-18-8-10-20-41(39)43)26-27-48(51)35-23-25-46(50-31-35)44-29-33-13-5-7-17-38(33)40-19-9-11-21-42(40)44/h1-31H. The fourth-order valence-electron chi connectivity index (χ4n) is 7.68. The summed E-state index contributed by atoms with van der Waals surface area (Å²) in [5.41, 5.74) is 9.52. The molecule has 0 atom stereocenters. The molecule has 3 heterocycles. The second-order valence-corrected chi connectivity index (χ2v) is 13.0. The van der Waals surface area contributed by atoms with Crippen LogP contribution in [0.15, 0.2) is 188 Å². The molecular weight excluding hydrogens is 619 g/mol. The first kappa shape index (κ1) is 29.1. The van der Waals surface area contributed by atoms with Gasteiger partial charge in [-0.25, -0.2) is 0 Å². The van der Waals surface area contributed by atoms with Crippen molar-refractivity contribution in [1.29, 1.82) is 0 Å². The third-order valence-corrected chi connectivity index (χ3v) is 10.1. The van der Waals surface area contributed by atoms with Gasteiger partial charge in [-0.3, -0.25) is 9.97 Å². The van der Waals surface area contributed by atoms with Crippen LogP contribution in [0.2, 0.25) is 0 Å². The molecule has 10 aromatic rings. The minimum Gasteiger partial charge on any atom is -0.309 e. The van der Waals surface area contributed by atoms with Crippen molar-refractivity contribution in [3.05, 3.63) is 188 Å². The predicted octanol–water partition coefficient (Wildman–Crippen LogP) is 12.5. The van der Waals surface area contributed by atoms with Gasteiger partial charge in [0, 0.05) is 40.3 Å². The van der Waals surface area contributed by atoms with Crippen LogP contribution in [0.1, 0.15) is 0 Å². The number of para-hydroxylation sites is 1. The monoisotopic (exact) mass is 649 g/mol. The molecule has 0 saturated heterocycles. The molecule has 3 aromatic heterocycles. The summed E-state index contributed by atoms with van der Waals surface area (Å²) in [6, 6.07) is 62.5. The van der Waals surface area contributed by atoms with E-state index in [9.17, 15) is 0 Å². The topological polar surface area (TPSA) is 30.7 Å². The second kappa shape index (κ2) is 11.9. The number of aromatic nitrogens is 3. The summed E-state index contributed by atoms with van der Waals surface area (Å²) in [5.74, 6) is 0. The quantitative estimate of drug-likeness (QED) is 0.174. The zero-order valence-corrected chi connectivity index (χ0v) is 27.7. The van der Waals surface area contributed by atoms with E-state index in [-0.39, 0.29) is 0 Å². The Labute approximate surface area is 295 Å². The number of pyridine rings is 2. The van der Waals surface area contributed by atoms with Crippen LogP contribution in [0.25, 0.3) is 93.8 Å².